The molecule has 0 aromatic heterocycles. The van der Waals surface area contributed by atoms with Gasteiger partial charge in [0.1, 0.15) is 22.8 Å². The number of nitrogens with two attached hydrogens (primary N) is 1. The lowest BCUT2D eigenvalue weighted by Crippen LogP contribution is -2.68. The maximum atomic E-state index is 13.9. The summed E-state index contributed by atoms with van der Waals surface area (Å²) in [5.41, 5.74) is 3.28. The van der Waals surface area contributed by atoms with Crippen LogP contribution in [-0.4, -0.2) is 79.7 Å². The van der Waals surface area contributed by atoms with Crippen LogP contribution in [0.1, 0.15) is 53.7 Å². The van der Waals surface area contributed by atoms with Crippen LogP contribution < -0.4 is 5.73 Å². The van der Waals surface area contributed by atoms with Gasteiger partial charge in [0.25, 0.3) is 5.91 Å². The highest BCUT2D eigenvalue weighted by Gasteiger charge is 2.67. The number of phenols is 1. The Labute approximate surface area is 243 Å². The van der Waals surface area contributed by atoms with E-state index in [0.29, 0.717) is 5.56 Å². The maximum Gasteiger partial charge on any atom is 0.255 e. The molecule has 3 aliphatic rings. The number of primary amides is 1. The predicted octanol–water partition coefficient (Wildman–Crippen LogP) is 2.17. The molecule has 2 aromatic rings. The lowest BCUT2D eigenvalue weighted by atomic mass is 9.54. The Morgan fingerprint density at radius 2 is 1.64 bits per heavy atom. The molecule has 1 amide bonds. The highest BCUT2D eigenvalue weighted by molar-refractivity contribution is 6.25. The van der Waals surface area contributed by atoms with E-state index in [0.717, 1.165) is 11.1 Å². The molecular weight excluding hydrogens is 540 g/mol. The first-order chi connectivity index (χ1) is 19.5. The van der Waals surface area contributed by atoms with E-state index in [-0.39, 0.29) is 23.1 Å². The molecule has 10 heteroatoms. The summed E-state index contributed by atoms with van der Waals surface area (Å²) < 4.78 is 0. The zero-order valence-corrected chi connectivity index (χ0v) is 24.1. The average molecular weight is 577 g/mol. The number of benzene rings is 2. The molecule has 0 saturated carbocycles. The quantitative estimate of drug-likeness (QED) is 0.297. The number of amides is 1. The van der Waals surface area contributed by atoms with Crippen molar-refractivity contribution in [1.82, 2.24) is 4.90 Å². The summed E-state index contributed by atoms with van der Waals surface area (Å²) in [7, 11) is 3.01. The first-order valence-electron chi connectivity index (χ1n) is 13.8. The number of nitrogens with zero attached hydrogens (tertiary/aromatic N) is 1. The van der Waals surface area contributed by atoms with Crippen molar-refractivity contribution in [3.05, 3.63) is 87.4 Å². The van der Waals surface area contributed by atoms with E-state index >= 15 is 0 Å². The van der Waals surface area contributed by atoms with Gasteiger partial charge >= 0.3 is 0 Å². The first-order valence-corrected chi connectivity index (χ1v) is 13.8. The van der Waals surface area contributed by atoms with Gasteiger partial charge in [-0.25, -0.2) is 0 Å². The Bertz CT molecular complexity index is 1570. The first kappa shape index (κ1) is 29.5. The van der Waals surface area contributed by atoms with E-state index in [2.05, 4.69) is 20.8 Å². The minimum absolute atomic E-state index is 0.0894. The smallest absolute Gasteiger partial charge is 0.255 e. The normalized spacial score (nSPS) is 29.4. The van der Waals surface area contributed by atoms with E-state index in [9.17, 15) is 39.9 Å². The number of phenolic OH excluding ortho intramolecular Hbond substituents is 1. The van der Waals surface area contributed by atoms with Gasteiger partial charge in [-0.1, -0.05) is 57.2 Å². The Morgan fingerprint density at radius 3 is 2.19 bits per heavy atom. The molecule has 0 bridgehead atoms. The summed E-state index contributed by atoms with van der Waals surface area (Å²) in [6.07, 6.45) is -1.39. The Morgan fingerprint density at radius 1 is 1.02 bits per heavy atom. The molecule has 2 aromatic carbocycles. The molecule has 7 N–H and O–H groups in total. The lowest BCUT2D eigenvalue weighted by Gasteiger charge is -2.53. The maximum absolute atomic E-state index is 13.9. The molecule has 6 unspecified atom stereocenters. The van der Waals surface area contributed by atoms with Crippen LogP contribution in [0.15, 0.2) is 65.1 Å². The minimum Gasteiger partial charge on any atom is -0.510 e. The molecule has 0 radical (unpaired) electrons. The van der Waals surface area contributed by atoms with Gasteiger partial charge in [0, 0.05) is 11.5 Å². The second-order valence-electron chi connectivity index (χ2n) is 12.8. The summed E-state index contributed by atoms with van der Waals surface area (Å²) in [6.45, 7) is 6.27. The average Bonchev–Trinajstić information content (AvgIpc) is 2.89. The van der Waals surface area contributed by atoms with Gasteiger partial charge in [-0.2, -0.15) is 0 Å². The van der Waals surface area contributed by atoms with Crippen LogP contribution in [0.4, 0.5) is 0 Å². The Kier molecular flexibility index (Phi) is 6.88. The molecule has 42 heavy (non-hydrogen) atoms. The number of aliphatic hydroxyl groups excluding tert-OH is 3. The number of rotatable bonds is 4. The molecule has 0 fully saturated rings. The number of fused-ring (bicyclic) bond motifs is 3. The third kappa shape index (κ3) is 4.08. The van der Waals surface area contributed by atoms with Gasteiger partial charge in [-0.3, -0.25) is 19.3 Å². The van der Waals surface area contributed by atoms with Crippen LogP contribution in [-0.2, 0) is 21.4 Å². The zero-order valence-electron chi connectivity index (χ0n) is 24.1. The monoisotopic (exact) mass is 576 g/mol. The molecule has 0 spiro atoms. The summed E-state index contributed by atoms with van der Waals surface area (Å²) in [4.78, 5) is 41.1. The third-order valence-electron chi connectivity index (χ3n) is 9.08. The second kappa shape index (κ2) is 9.79. The number of hydrogen-bond acceptors (Lipinski definition) is 9. The highest BCUT2D eigenvalue weighted by Crippen LogP contribution is 2.56. The van der Waals surface area contributed by atoms with Gasteiger partial charge in [0.05, 0.1) is 23.6 Å². The van der Waals surface area contributed by atoms with E-state index < -0.39 is 75.6 Å². The highest BCUT2D eigenvalue weighted by atomic mass is 16.4. The summed E-state index contributed by atoms with van der Waals surface area (Å²) in [5, 5.41) is 57.4. The summed E-state index contributed by atoms with van der Waals surface area (Å²) >= 11 is 0. The molecule has 3 aliphatic carbocycles. The SMILES string of the molecule is CN(C)C1C(O)=C(C(N)=O)C(=O)C2(O)C(O)=C3C(=O)c4c(O)cccc4C(Cc4ccc(C(C)(C)C)cc4)C3C(O)C12. The number of likely N-dealkylation sites (N-methyl/N-ethyl adjacent to an activating group) is 1. The number of aliphatic hydroxyl groups is 4. The van der Waals surface area contributed by atoms with Crippen molar-refractivity contribution in [1.29, 1.82) is 0 Å². The van der Waals surface area contributed by atoms with Crippen molar-refractivity contribution in [2.24, 2.45) is 17.6 Å². The van der Waals surface area contributed by atoms with Crippen LogP contribution in [0.5, 0.6) is 5.75 Å². The topological polar surface area (TPSA) is 182 Å². The Balaban J connectivity index is 1.75. The van der Waals surface area contributed by atoms with Crippen molar-refractivity contribution in [2.75, 3.05) is 14.1 Å². The van der Waals surface area contributed by atoms with E-state index in [4.69, 9.17) is 5.73 Å². The molecule has 0 heterocycles. The Hall–Kier alpha value is -3.99. The fraction of sp³-hybridized carbons (Fsp3) is 0.406. The number of carbonyl (C=O) groups excluding carboxylic acids is 3. The standard InChI is InChI=1S/C32H36N2O8/c1-31(2,3)15-11-9-14(10-12-15)13-17-16-7-6-8-18(35)19(16)25(36)21-20(17)26(37)23-24(34(4)5)27(38)22(30(33)41)29(40)32(23,42)28(21)39/h6-12,17,20,23-24,26,35,37-39,42H,13H2,1-5H3,(H2,33,41). The van der Waals surface area contributed by atoms with Crippen LogP contribution >= 0.6 is 0 Å². The van der Waals surface area contributed by atoms with Crippen LogP contribution in [0.2, 0.25) is 0 Å². The van der Waals surface area contributed by atoms with Crippen molar-refractivity contribution in [3.8, 4) is 5.75 Å². The molecule has 6 atom stereocenters. The van der Waals surface area contributed by atoms with Crippen LogP contribution in [0.25, 0.3) is 0 Å². The number of hydrogen-bond donors (Lipinski definition) is 6. The number of Topliss-reactive ketones (excluding diaryl/α,β-unsaturated/α-hetero) is 2. The lowest BCUT2D eigenvalue weighted by molar-refractivity contribution is -0.162. The number of aromatic hydroxyl groups is 1. The fourth-order valence-electron chi connectivity index (χ4n) is 7.04. The predicted molar refractivity (Wildman–Crippen MR) is 153 cm³/mol. The third-order valence-corrected chi connectivity index (χ3v) is 9.08. The second-order valence-corrected chi connectivity index (χ2v) is 12.8. The van der Waals surface area contributed by atoms with Gasteiger partial charge in [-0.15, -0.1) is 0 Å². The van der Waals surface area contributed by atoms with Crippen LogP contribution in [0.3, 0.4) is 0 Å². The molecular formula is C32H36N2O8. The van der Waals surface area contributed by atoms with Crippen molar-refractivity contribution in [3.63, 3.8) is 0 Å². The minimum atomic E-state index is -2.95. The van der Waals surface area contributed by atoms with E-state index in [1.807, 2.05) is 24.3 Å². The molecule has 222 valence electrons. The van der Waals surface area contributed by atoms with E-state index in [1.54, 1.807) is 12.1 Å². The largest absolute Gasteiger partial charge is 0.510 e. The van der Waals surface area contributed by atoms with Gasteiger partial charge in [0.15, 0.2) is 11.4 Å². The number of ketones is 2. The summed E-state index contributed by atoms with van der Waals surface area (Å²) in [5.74, 6) is -9.14. The van der Waals surface area contributed by atoms with E-state index in [1.165, 1.54) is 25.1 Å². The van der Waals surface area contributed by atoms with Crippen LogP contribution in [0, 0.1) is 11.8 Å². The molecule has 10 nitrogen and oxygen atoms in total. The van der Waals surface area contributed by atoms with Crippen molar-refractivity contribution in [2.45, 2.75) is 56.3 Å². The van der Waals surface area contributed by atoms with Crippen molar-refractivity contribution < 1.29 is 39.9 Å². The van der Waals surface area contributed by atoms with Gasteiger partial charge < -0.3 is 31.3 Å². The molecule has 0 aliphatic heterocycles. The zero-order chi connectivity index (χ0) is 31.0. The molecule has 5 rings (SSSR count). The van der Waals surface area contributed by atoms with Gasteiger partial charge in [0.2, 0.25) is 5.78 Å². The van der Waals surface area contributed by atoms with Crippen molar-refractivity contribution >= 4 is 17.5 Å². The summed E-state index contributed by atoms with van der Waals surface area (Å²) in [6, 6.07) is 11.1. The van der Waals surface area contributed by atoms with Gasteiger partial charge in [-0.05, 0) is 54.6 Å². The number of carbonyl (C=O) groups is 3. The molecule has 0 saturated heterocycles. The fourth-order valence-corrected chi connectivity index (χ4v) is 7.04.